The molecule has 0 saturated carbocycles. The van der Waals surface area contributed by atoms with Crippen LogP contribution in [0.4, 0.5) is 0 Å². The highest BCUT2D eigenvalue weighted by molar-refractivity contribution is 6.40. The second-order valence-corrected chi connectivity index (χ2v) is 8.95. The van der Waals surface area contributed by atoms with E-state index >= 15 is 0 Å². The van der Waals surface area contributed by atoms with Crippen LogP contribution in [0.2, 0.25) is 10.0 Å². The smallest absolute Gasteiger partial charge is 0.349 e. The molecule has 190 valence electrons. The molecule has 5 rings (SSSR count). The summed E-state index contributed by atoms with van der Waals surface area (Å²) < 4.78 is 22.7. The summed E-state index contributed by atoms with van der Waals surface area (Å²) in [7, 11) is 0. The highest BCUT2D eigenvalue weighted by Crippen LogP contribution is 2.47. The van der Waals surface area contributed by atoms with Crippen molar-refractivity contribution in [1.29, 1.82) is 0 Å². The van der Waals surface area contributed by atoms with Crippen molar-refractivity contribution in [2.45, 2.75) is 0 Å². The number of hydrogen-bond donors (Lipinski definition) is 0. The van der Waals surface area contributed by atoms with Crippen molar-refractivity contribution in [3.63, 3.8) is 0 Å². The molecule has 8 heteroatoms. The Hall–Kier alpha value is -4.26. The van der Waals surface area contributed by atoms with Gasteiger partial charge in [0.05, 0.1) is 10.0 Å². The summed E-state index contributed by atoms with van der Waals surface area (Å²) in [4.78, 5) is 25.0. The van der Waals surface area contributed by atoms with Gasteiger partial charge in [-0.25, -0.2) is 9.59 Å². The number of hydrogen-bond acceptors (Lipinski definition) is 6. The van der Waals surface area contributed by atoms with Gasteiger partial charge in [-0.05, 0) is 36.4 Å². The average Bonchev–Trinajstić information content (AvgIpc) is 2.92. The van der Waals surface area contributed by atoms with Crippen molar-refractivity contribution >= 4 is 56.7 Å². The second-order valence-electron chi connectivity index (χ2n) is 8.13. The van der Waals surface area contributed by atoms with Crippen LogP contribution in [-0.2, 0) is 9.59 Å². The lowest BCUT2D eigenvalue weighted by molar-refractivity contribution is -0.137. The maximum absolute atomic E-state index is 12.5. The zero-order valence-corrected chi connectivity index (χ0v) is 21.4. The minimum atomic E-state index is -0.597. The normalized spacial score (nSPS) is 10.8. The van der Waals surface area contributed by atoms with E-state index in [4.69, 9.17) is 42.1 Å². The van der Waals surface area contributed by atoms with Gasteiger partial charge in [-0.2, -0.15) is 0 Å². The van der Waals surface area contributed by atoms with Gasteiger partial charge in [0.25, 0.3) is 0 Å². The third-order valence-electron chi connectivity index (χ3n) is 5.59. The van der Waals surface area contributed by atoms with Gasteiger partial charge in [0.1, 0.15) is 23.0 Å². The lowest BCUT2D eigenvalue weighted by atomic mass is 10.0. The van der Waals surface area contributed by atoms with Crippen LogP contribution in [0.3, 0.4) is 0 Å². The highest BCUT2D eigenvalue weighted by atomic mass is 35.5. The average molecular weight is 547 g/mol. The lowest BCUT2D eigenvalue weighted by Crippen LogP contribution is -2.19. The first kappa shape index (κ1) is 25.4. The molecule has 6 nitrogen and oxygen atoms in total. The van der Waals surface area contributed by atoms with Gasteiger partial charge in [0, 0.05) is 21.5 Å². The van der Waals surface area contributed by atoms with Crippen LogP contribution >= 0.6 is 23.2 Å². The van der Waals surface area contributed by atoms with Crippen molar-refractivity contribution in [2.24, 2.45) is 0 Å². The summed E-state index contributed by atoms with van der Waals surface area (Å²) in [6.07, 6.45) is 0. The summed E-state index contributed by atoms with van der Waals surface area (Å²) in [5.41, 5.74) is 0. The number of carbonyl (C=O) groups excluding carboxylic acids is 2. The monoisotopic (exact) mass is 546 g/mol. The molecule has 0 bridgehead atoms. The zero-order chi connectivity index (χ0) is 26.5. The third-order valence-corrected chi connectivity index (χ3v) is 6.22. The quantitative estimate of drug-likeness (QED) is 0.116. The molecule has 0 atom stereocenters. The third kappa shape index (κ3) is 5.52. The molecule has 0 unspecified atom stereocenters. The number of halogens is 2. The van der Waals surface area contributed by atoms with E-state index in [1.165, 1.54) is 0 Å². The molecule has 0 spiro atoms. The van der Waals surface area contributed by atoms with Crippen molar-refractivity contribution in [2.75, 3.05) is 13.2 Å². The molecule has 5 aromatic carbocycles. The molecule has 0 aliphatic rings. The van der Waals surface area contributed by atoms with Gasteiger partial charge < -0.3 is 18.9 Å². The Morgan fingerprint density at radius 2 is 0.947 bits per heavy atom. The van der Waals surface area contributed by atoms with Gasteiger partial charge >= 0.3 is 11.9 Å². The van der Waals surface area contributed by atoms with Crippen LogP contribution in [0, 0.1) is 0 Å². The Morgan fingerprint density at radius 3 is 1.39 bits per heavy atom. The van der Waals surface area contributed by atoms with Crippen molar-refractivity contribution < 1.29 is 28.5 Å². The van der Waals surface area contributed by atoms with Gasteiger partial charge in [0.15, 0.2) is 13.2 Å². The zero-order valence-electron chi connectivity index (χ0n) is 19.9. The SMILES string of the molecule is O=C(COc1c2cccc(Cl)c2c(OCC(=O)Oc2ccccc2)c2c(Cl)cccc12)Oc1ccccc1. The van der Waals surface area contributed by atoms with Gasteiger partial charge in [-0.15, -0.1) is 0 Å². The summed E-state index contributed by atoms with van der Waals surface area (Å²) in [5, 5.41) is 2.82. The minimum absolute atomic E-state index is 0.301. The first-order valence-electron chi connectivity index (χ1n) is 11.6. The van der Waals surface area contributed by atoms with Gasteiger partial charge in [-0.3, -0.25) is 0 Å². The number of carbonyl (C=O) groups is 2. The van der Waals surface area contributed by atoms with E-state index in [2.05, 4.69) is 0 Å². The van der Waals surface area contributed by atoms with Crippen molar-refractivity contribution in [3.8, 4) is 23.0 Å². The van der Waals surface area contributed by atoms with Crippen LogP contribution in [0.15, 0.2) is 97.1 Å². The van der Waals surface area contributed by atoms with Crippen molar-refractivity contribution in [1.82, 2.24) is 0 Å². The molecule has 0 N–H and O–H groups in total. The summed E-state index contributed by atoms with van der Waals surface area (Å²) in [5.74, 6) is 0.317. The molecular formula is C30H20Cl2O6. The Kier molecular flexibility index (Phi) is 7.63. The standard InChI is InChI=1S/C30H20Cl2O6/c31-23-15-7-13-21-27(23)30(36-18-26(34)38-20-11-5-2-6-12-20)28-22(14-8-16-24(28)32)29(21)35-17-25(33)37-19-9-3-1-4-10-19/h1-16H,17-18H2. The molecule has 0 amide bonds. The predicted octanol–water partition coefficient (Wildman–Crippen LogP) is 7.27. The van der Waals surface area contributed by atoms with Crippen LogP contribution in [0.1, 0.15) is 0 Å². The number of benzene rings is 5. The maximum Gasteiger partial charge on any atom is 0.349 e. The molecule has 0 aromatic heterocycles. The van der Waals surface area contributed by atoms with E-state index in [1.807, 2.05) is 12.1 Å². The van der Waals surface area contributed by atoms with Gasteiger partial charge in [-0.1, -0.05) is 83.9 Å². The van der Waals surface area contributed by atoms with Crippen molar-refractivity contribution in [3.05, 3.63) is 107 Å². The first-order chi connectivity index (χ1) is 18.5. The van der Waals surface area contributed by atoms with Crippen LogP contribution in [0.5, 0.6) is 23.0 Å². The Bertz CT molecular complexity index is 1560. The summed E-state index contributed by atoms with van der Waals surface area (Å²) >= 11 is 13.2. The number of para-hydroxylation sites is 2. The fourth-order valence-electron chi connectivity index (χ4n) is 4.02. The van der Waals surface area contributed by atoms with E-state index in [9.17, 15) is 9.59 Å². The largest absolute Gasteiger partial charge is 0.481 e. The fourth-order valence-corrected chi connectivity index (χ4v) is 4.54. The maximum atomic E-state index is 12.5. The lowest BCUT2D eigenvalue weighted by Gasteiger charge is -2.19. The molecule has 0 heterocycles. The van der Waals surface area contributed by atoms with Crippen LogP contribution in [0.25, 0.3) is 21.5 Å². The highest BCUT2D eigenvalue weighted by Gasteiger charge is 2.22. The summed E-state index contributed by atoms with van der Waals surface area (Å²) in [6, 6.07) is 27.9. The number of esters is 2. The van der Waals surface area contributed by atoms with E-state index in [0.717, 1.165) is 0 Å². The predicted molar refractivity (Wildman–Crippen MR) is 147 cm³/mol. The van der Waals surface area contributed by atoms with E-state index in [0.29, 0.717) is 54.6 Å². The van der Waals surface area contributed by atoms with E-state index < -0.39 is 11.9 Å². The molecule has 0 aliphatic heterocycles. The molecule has 0 aliphatic carbocycles. The number of ether oxygens (including phenoxy) is 4. The molecule has 0 radical (unpaired) electrons. The van der Waals surface area contributed by atoms with E-state index in [-0.39, 0.29) is 13.2 Å². The second kappa shape index (κ2) is 11.4. The van der Waals surface area contributed by atoms with Crippen LogP contribution < -0.4 is 18.9 Å². The van der Waals surface area contributed by atoms with E-state index in [1.54, 1.807) is 84.9 Å². The summed E-state index contributed by atoms with van der Waals surface area (Å²) in [6.45, 7) is -0.749. The molecule has 5 aromatic rings. The molecular weight excluding hydrogens is 527 g/mol. The molecule has 0 fully saturated rings. The number of fused-ring (bicyclic) bond motifs is 2. The number of rotatable bonds is 8. The van der Waals surface area contributed by atoms with Gasteiger partial charge in [0.2, 0.25) is 0 Å². The Balaban J connectivity index is 1.50. The molecule has 0 saturated heterocycles. The molecule has 38 heavy (non-hydrogen) atoms. The topological polar surface area (TPSA) is 71.1 Å². The minimum Gasteiger partial charge on any atom is -0.481 e. The Morgan fingerprint density at radius 1 is 0.526 bits per heavy atom. The van der Waals surface area contributed by atoms with Crippen LogP contribution in [-0.4, -0.2) is 25.2 Å². The fraction of sp³-hybridized carbons (Fsp3) is 0.0667. The first-order valence-corrected chi connectivity index (χ1v) is 12.4. The Labute approximate surface area is 228 Å².